The molecule has 0 radical (unpaired) electrons. The normalized spacial score (nSPS) is 19.9. The Kier molecular flexibility index (Phi) is 5.35. The van der Waals surface area contributed by atoms with Gasteiger partial charge >= 0.3 is 0 Å². The second kappa shape index (κ2) is 8.31. The van der Waals surface area contributed by atoms with E-state index in [4.69, 9.17) is 0 Å². The molecule has 1 saturated heterocycles. The van der Waals surface area contributed by atoms with Crippen molar-refractivity contribution in [1.82, 2.24) is 19.4 Å². The van der Waals surface area contributed by atoms with Crippen molar-refractivity contribution in [3.8, 4) is 5.69 Å². The summed E-state index contributed by atoms with van der Waals surface area (Å²) in [6.45, 7) is 2.38. The number of hydrogen-bond donors (Lipinski definition) is 1. The molecule has 7 nitrogen and oxygen atoms in total. The molecule has 1 fully saturated rings. The van der Waals surface area contributed by atoms with E-state index < -0.39 is 6.10 Å². The highest BCUT2D eigenvalue weighted by molar-refractivity contribution is 5.95. The number of amides is 1. The average molecular weight is 431 g/mol. The number of pyridine rings is 1. The zero-order valence-corrected chi connectivity index (χ0v) is 18.1. The number of carbonyl (C=O) groups is 1. The first kappa shape index (κ1) is 20.6. The monoisotopic (exact) mass is 430 g/mol. The standard InChI is InChI=1S/C25H26N4O3/c1-16-8-11-29(21-7-3-5-17-4-2-6-20(17)21)25(32)23(16)24(31)28-14-18(22(30)15-28)12-19-13-26-9-10-27-19/h3,5,7-11,13,18,22,30H,2,4,6,12,14-15H2,1H3/t18-,22-/m1/s1. The minimum absolute atomic E-state index is 0.140. The van der Waals surface area contributed by atoms with Gasteiger partial charge in [0.15, 0.2) is 0 Å². The minimum Gasteiger partial charge on any atom is -0.391 e. The first-order chi connectivity index (χ1) is 15.5. The summed E-state index contributed by atoms with van der Waals surface area (Å²) in [6.07, 6.45) is 9.58. The van der Waals surface area contributed by atoms with Crippen LogP contribution in [0.5, 0.6) is 0 Å². The van der Waals surface area contributed by atoms with E-state index in [9.17, 15) is 14.7 Å². The third-order valence-corrected chi connectivity index (χ3v) is 6.68. The van der Waals surface area contributed by atoms with Gasteiger partial charge in [-0.15, -0.1) is 0 Å². The number of benzene rings is 1. The van der Waals surface area contributed by atoms with Crippen LogP contribution >= 0.6 is 0 Å². The van der Waals surface area contributed by atoms with Crippen LogP contribution in [0.2, 0.25) is 0 Å². The van der Waals surface area contributed by atoms with E-state index in [1.807, 2.05) is 18.2 Å². The highest BCUT2D eigenvalue weighted by atomic mass is 16.3. The lowest BCUT2D eigenvalue weighted by Gasteiger charge is -2.19. The number of rotatable bonds is 4. The zero-order valence-electron chi connectivity index (χ0n) is 18.1. The minimum atomic E-state index is -0.662. The summed E-state index contributed by atoms with van der Waals surface area (Å²) >= 11 is 0. The van der Waals surface area contributed by atoms with Crippen molar-refractivity contribution < 1.29 is 9.90 Å². The van der Waals surface area contributed by atoms with Crippen molar-refractivity contribution in [3.05, 3.63) is 87.4 Å². The smallest absolute Gasteiger partial charge is 0.268 e. The highest BCUT2D eigenvalue weighted by Crippen LogP contribution is 2.28. The summed E-state index contributed by atoms with van der Waals surface area (Å²) in [5.74, 6) is -0.464. The molecule has 2 aromatic heterocycles. The lowest BCUT2D eigenvalue weighted by atomic mass is 10.0. The maximum atomic E-state index is 13.5. The lowest BCUT2D eigenvalue weighted by Crippen LogP contribution is -2.36. The first-order valence-electron chi connectivity index (χ1n) is 11.1. The fourth-order valence-corrected chi connectivity index (χ4v) is 4.98. The van der Waals surface area contributed by atoms with Gasteiger partial charge < -0.3 is 10.0 Å². The molecular formula is C25H26N4O3. The maximum absolute atomic E-state index is 13.5. The topological polar surface area (TPSA) is 88.3 Å². The molecule has 1 N–H and O–H groups in total. The molecule has 32 heavy (non-hydrogen) atoms. The highest BCUT2D eigenvalue weighted by Gasteiger charge is 2.36. The van der Waals surface area contributed by atoms with Crippen LogP contribution in [0, 0.1) is 12.8 Å². The van der Waals surface area contributed by atoms with Crippen molar-refractivity contribution in [2.45, 2.75) is 38.7 Å². The van der Waals surface area contributed by atoms with E-state index >= 15 is 0 Å². The molecule has 164 valence electrons. The van der Waals surface area contributed by atoms with Gasteiger partial charge in [-0.25, -0.2) is 0 Å². The number of fused-ring (bicyclic) bond motifs is 1. The molecule has 0 saturated carbocycles. The Morgan fingerprint density at radius 2 is 2.06 bits per heavy atom. The fourth-order valence-electron chi connectivity index (χ4n) is 4.98. The summed E-state index contributed by atoms with van der Waals surface area (Å²) in [5, 5.41) is 10.6. The Bertz CT molecular complexity index is 1220. The van der Waals surface area contributed by atoms with Crippen LogP contribution in [0.1, 0.15) is 39.2 Å². The predicted molar refractivity (Wildman–Crippen MR) is 120 cm³/mol. The number of aliphatic hydroxyl groups is 1. The molecule has 3 heterocycles. The first-order valence-corrected chi connectivity index (χ1v) is 11.1. The molecule has 0 bridgehead atoms. The molecule has 2 aliphatic rings. The zero-order chi connectivity index (χ0) is 22.2. The fraction of sp³-hybridized carbons (Fsp3) is 0.360. The van der Waals surface area contributed by atoms with Gasteiger partial charge in [-0.3, -0.25) is 24.1 Å². The van der Waals surface area contributed by atoms with Crippen LogP contribution < -0.4 is 5.56 Å². The second-order valence-corrected chi connectivity index (χ2v) is 8.76. The largest absolute Gasteiger partial charge is 0.391 e. The number of carbonyl (C=O) groups excluding carboxylic acids is 1. The van der Waals surface area contributed by atoms with Gasteiger partial charge in [0.05, 0.1) is 17.5 Å². The molecule has 3 aromatic rings. The van der Waals surface area contributed by atoms with Crippen molar-refractivity contribution in [1.29, 1.82) is 0 Å². The summed E-state index contributed by atoms with van der Waals surface area (Å²) < 4.78 is 1.61. The molecule has 1 amide bonds. The number of aliphatic hydroxyl groups excluding tert-OH is 1. The Labute approximate surface area is 186 Å². The van der Waals surface area contributed by atoms with Crippen molar-refractivity contribution in [2.24, 2.45) is 5.92 Å². The molecule has 1 aliphatic carbocycles. The Hall–Kier alpha value is -3.32. The second-order valence-electron chi connectivity index (χ2n) is 8.76. The van der Waals surface area contributed by atoms with Crippen LogP contribution in [-0.2, 0) is 19.3 Å². The quantitative estimate of drug-likeness (QED) is 0.685. The van der Waals surface area contributed by atoms with Crippen LogP contribution in [0.3, 0.4) is 0 Å². The average Bonchev–Trinajstić information content (AvgIpc) is 3.41. The molecule has 1 aromatic carbocycles. The van der Waals surface area contributed by atoms with Crippen LogP contribution in [0.15, 0.2) is 53.8 Å². The van der Waals surface area contributed by atoms with Crippen molar-refractivity contribution in [3.63, 3.8) is 0 Å². The number of aryl methyl sites for hydroxylation is 2. The Morgan fingerprint density at radius 1 is 1.19 bits per heavy atom. The van der Waals surface area contributed by atoms with Gasteiger partial charge in [-0.1, -0.05) is 12.1 Å². The van der Waals surface area contributed by atoms with Crippen LogP contribution in [0.4, 0.5) is 0 Å². The van der Waals surface area contributed by atoms with Crippen molar-refractivity contribution in [2.75, 3.05) is 13.1 Å². The van der Waals surface area contributed by atoms with Gasteiger partial charge in [0.1, 0.15) is 5.56 Å². The summed E-state index contributed by atoms with van der Waals surface area (Å²) in [6, 6.07) is 7.86. The summed E-state index contributed by atoms with van der Waals surface area (Å²) in [4.78, 5) is 36.8. The van der Waals surface area contributed by atoms with E-state index in [1.54, 1.807) is 41.2 Å². The van der Waals surface area contributed by atoms with E-state index in [0.717, 1.165) is 30.6 Å². The molecule has 0 spiro atoms. The summed E-state index contributed by atoms with van der Waals surface area (Å²) in [7, 11) is 0. The Balaban J connectivity index is 1.44. The van der Waals surface area contributed by atoms with Gasteiger partial charge in [0, 0.05) is 43.8 Å². The Morgan fingerprint density at radius 3 is 2.88 bits per heavy atom. The molecule has 1 aliphatic heterocycles. The van der Waals surface area contributed by atoms with Gasteiger partial charge in [0.2, 0.25) is 0 Å². The summed E-state index contributed by atoms with van der Waals surface area (Å²) in [5.41, 5.74) is 4.63. The molecule has 5 rings (SSSR count). The van der Waals surface area contributed by atoms with E-state index in [-0.39, 0.29) is 29.5 Å². The van der Waals surface area contributed by atoms with Gasteiger partial charge in [-0.05, 0) is 61.4 Å². The number of nitrogens with zero attached hydrogens (tertiary/aromatic N) is 4. The third-order valence-electron chi connectivity index (χ3n) is 6.68. The maximum Gasteiger partial charge on any atom is 0.268 e. The number of likely N-dealkylation sites (tertiary alicyclic amines) is 1. The van der Waals surface area contributed by atoms with Crippen molar-refractivity contribution >= 4 is 5.91 Å². The molecule has 0 unspecified atom stereocenters. The van der Waals surface area contributed by atoms with E-state index in [0.29, 0.717) is 18.5 Å². The van der Waals surface area contributed by atoms with Crippen LogP contribution in [-0.4, -0.2) is 49.6 Å². The predicted octanol–water partition coefficient (Wildman–Crippen LogP) is 2.10. The van der Waals surface area contributed by atoms with Gasteiger partial charge in [0.25, 0.3) is 11.5 Å². The lowest BCUT2D eigenvalue weighted by molar-refractivity contribution is 0.0761. The molecule has 7 heteroatoms. The molecule has 2 atom stereocenters. The molecular weight excluding hydrogens is 404 g/mol. The third kappa shape index (κ3) is 3.62. The van der Waals surface area contributed by atoms with Gasteiger partial charge in [-0.2, -0.15) is 0 Å². The van der Waals surface area contributed by atoms with Crippen LogP contribution in [0.25, 0.3) is 5.69 Å². The number of aromatic nitrogens is 3. The van der Waals surface area contributed by atoms with E-state index in [2.05, 4.69) is 16.0 Å². The number of hydrogen-bond acceptors (Lipinski definition) is 5. The van der Waals surface area contributed by atoms with E-state index in [1.165, 1.54) is 11.1 Å². The number of β-amino-alcohol motifs (C(OH)–C–C–N with tert-alkyl or cyclic N) is 1. The SMILES string of the molecule is Cc1ccn(-c2cccc3c2CCC3)c(=O)c1C(=O)N1C[C@@H](Cc2cnccn2)[C@H](O)C1.